The molecule has 1 amide bonds. The maximum Gasteiger partial charge on any atom is 0.407 e. The lowest BCUT2D eigenvalue weighted by Gasteiger charge is -2.26. The largest absolute Gasteiger partial charge is 0.497 e. The van der Waals surface area contributed by atoms with E-state index in [4.69, 9.17) is 37.4 Å². The van der Waals surface area contributed by atoms with Gasteiger partial charge in [-0.15, -0.1) is 0 Å². The number of alkyl carbamates (subject to hydrolysis) is 1. The van der Waals surface area contributed by atoms with E-state index < -0.39 is 21.7 Å². The van der Waals surface area contributed by atoms with Crippen molar-refractivity contribution in [3.8, 4) is 22.6 Å². The first-order chi connectivity index (χ1) is 21.8. The molecule has 0 aromatic heterocycles. The van der Waals surface area contributed by atoms with Crippen LogP contribution in [0.25, 0.3) is 11.1 Å². The highest BCUT2D eigenvalue weighted by molar-refractivity contribution is 7.92. The normalized spacial score (nSPS) is 11.5. The first-order valence-corrected chi connectivity index (χ1v) is 16.6. The molecule has 46 heavy (non-hydrogen) atoms. The fourth-order valence-electron chi connectivity index (χ4n) is 4.62. The average Bonchev–Trinajstić information content (AvgIpc) is 2.99. The quantitative estimate of drug-likeness (QED) is 0.156. The molecule has 0 atom stereocenters. The van der Waals surface area contributed by atoms with Gasteiger partial charge in [0.25, 0.3) is 10.0 Å². The SMILES string of the molecule is COc1ccc(CN(CCNC(=O)OC(C)(C)C)c2cccc(NS(=O)(=O)c3cc(-c4cc(Cl)cc(Cl)c4)ccc3OC)c2)cc1. The van der Waals surface area contributed by atoms with Crippen molar-refractivity contribution in [2.45, 2.75) is 37.8 Å². The fourth-order valence-corrected chi connectivity index (χ4v) is 6.39. The predicted molar refractivity (Wildman–Crippen MR) is 184 cm³/mol. The van der Waals surface area contributed by atoms with Gasteiger partial charge >= 0.3 is 6.09 Å². The van der Waals surface area contributed by atoms with Gasteiger partial charge in [-0.05, 0) is 98.1 Å². The first-order valence-electron chi connectivity index (χ1n) is 14.4. The molecule has 0 radical (unpaired) electrons. The zero-order valence-corrected chi connectivity index (χ0v) is 28.6. The maximum absolute atomic E-state index is 13.8. The molecule has 4 aromatic rings. The van der Waals surface area contributed by atoms with Crippen molar-refractivity contribution in [1.29, 1.82) is 0 Å². The number of nitrogens with one attached hydrogen (secondary N) is 2. The van der Waals surface area contributed by atoms with E-state index >= 15 is 0 Å². The molecule has 0 saturated carbocycles. The molecule has 0 fully saturated rings. The number of hydrogen-bond donors (Lipinski definition) is 2. The number of methoxy groups -OCH3 is 2. The van der Waals surface area contributed by atoms with Crippen LogP contribution in [0.1, 0.15) is 26.3 Å². The Bertz CT molecular complexity index is 1760. The minimum Gasteiger partial charge on any atom is -0.497 e. The fraction of sp³-hybridized carbons (Fsp3) is 0.265. The Kier molecular flexibility index (Phi) is 11.3. The molecule has 0 saturated heterocycles. The minimum atomic E-state index is -4.11. The molecule has 12 heteroatoms. The number of ether oxygens (including phenoxy) is 3. The lowest BCUT2D eigenvalue weighted by atomic mass is 10.1. The molecular formula is C34H37Cl2N3O6S. The molecule has 0 aliphatic heterocycles. The number of halogens is 2. The van der Waals surface area contributed by atoms with Crippen LogP contribution in [0.15, 0.2) is 89.8 Å². The topological polar surface area (TPSA) is 106 Å². The number of rotatable bonds is 12. The number of carbonyl (C=O) groups is 1. The monoisotopic (exact) mass is 685 g/mol. The van der Waals surface area contributed by atoms with Crippen LogP contribution in [0.3, 0.4) is 0 Å². The van der Waals surface area contributed by atoms with Gasteiger partial charge in [0.15, 0.2) is 0 Å². The van der Waals surface area contributed by atoms with E-state index in [1.165, 1.54) is 13.2 Å². The van der Waals surface area contributed by atoms with Crippen molar-refractivity contribution in [2.75, 3.05) is 36.9 Å². The van der Waals surface area contributed by atoms with Crippen LogP contribution in [0.2, 0.25) is 10.0 Å². The second-order valence-electron chi connectivity index (χ2n) is 11.4. The van der Waals surface area contributed by atoms with E-state index in [1.54, 1.807) is 76.4 Å². The van der Waals surface area contributed by atoms with E-state index in [-0.39, 0.29) is 10.6 Å². The van der Waals surface area contributed by atoms with Gasteiger partial charge in [0.1, 0.15) is 22.0 Å². The lowest BCUT2D eigenvalue weighted by Crippen LogP contribution is -2.38. The van der Waals surface area contributed by atoms with Crippen LogP contribution >= 0.6 is 23.2 Å². The first kappa shape index (κ1) is 34.7. The number of hydrogen-bond acceptors (Lipinski definition) is 7. The van der Waals surface area contributed by atoms with Gasteiger partial charge in [0.2, 0.25) is 0 Å². The highest BCUT2D eigenvalue weighted by atomic mass is 35.5. The van der Waals surface area contributed by atoms with Crippen LogP contribution < -0.4 is 24.4 Å². The second kappa shape index (κ2) is 15.0. The highest BCUT2D eigenvalue weighted by Gasteiger charge is 2.22. The van der Waals surface area contributed by atoms with E-state index in [9.17, 15) is 13.2 Å². The Morgan fingerprint density at radius 3 is 2.17 bits per heavy atom. The van der Waals surface area contributed by atoms with Crippen molar-refractivity contribution in [3.05, 3.63) is 101 Å². The number of anilines is 2. The number of carbonyl (C=O) groups excluding carboxylic acids is 1. The molecule has 2 N–H and O–H groups in total. The molecule has 9 nitrogen and oxygen atoms in total. The lowest BCUT2D eigenvalue weighted by molar-refractivity contribution is 0.0529. The molecule has 4 aromatic carbocycles. The Morgan fingerprint density at radius 2 is 1.54 bits per heavy atom. The third kappa shape index (κ3) is 9.69. The van der Waals surface area contributed by atoms with Gasteiger partial charge in [0, 0.05) is 35.4 Å². The van der Waals surface area contributed by atoms with Gasteiger partial charge in [0.05, 0.1) is 19.9 Å². The smallest absolute Gasteiger partial charge is 0.407 e. The van der Waals surface area contributed by atoms with Gasteiger partial charge < -0.3 is 24.4 Å². The van der Waals surface area contributed by atoms with Crippen molar-refractivity contribution < 1.29 is 27.4 Å². The van der Waals surface area contributed by atoms with Gasteiger partial charge in [-0.1, -0.05) is 47.5 Å². The van der Waals surface area contributed by atoms with Crippen molar-refractivity contribution >= 4 is 50.7 Å². The third-order valence-corrected chi connectivity index (χ3v) is 8.53. The molecule has 4 rings (SSSR count). The zero-order chi connectivity index (χ0) is 33.5. The zero-order valence-electron chi connectivity index (χ0n) is 26.3. The number of benzene rings is 4. The molecule has 0 bridgehead atoms. The summed E-state index contributed by atoms with van der Waals surface area (Å²) in [6.07, 6.45) is -0.519. The molecule has 0 heterocycles. The minimum absolute atomic E-state index is 0.0503. The molecule has 0 unspecified atom stereocenters. The summed E-state index contributed by atoms with van der Waals surface area (Å²) in [5, 5.41) is 3.65. The van der Waals surface area contributed by atoms with Gasteiger partial charge in [-0.2, -0.15) is 0 Å². The summed E-state index contributed by atoms with van der Waals surface area (Å²) in [6, 6.07) is 24.5. The van der Waals surface area contributed by atoms with Crippen LogP contribution in [0.4, 0.5) is 16.2 Å². The summed E-state index contributed by atoms with van der Waals surface area (Å²) in [6.45, 7) is 6.59. The summed E-state index contributed by atoms with van der Waals surface area (Å²) in [7, 11) is -1.09. The van der Waals surface area contributed by atoms with Crippen molar-refractivity contribution in [3.63, 3.8) is 0 Å². The molecule has 244 valence electrons. The average molecular weight is 687 g/mol. The predicted octanol–water partition coefficient (Wildman–Crippen LogP) is 8.01. The van der Waals surface area contributed by atoms with Crippen molar-refractivity contribution in [1.82, 2.24) is 5.32 Å². The summed E-state index contributed by atoms with van der Waals surface area (Å²) in [4.78, 5) is 14.3. The van der Waals surface area contributed by atoms with Crippen LogP contribution in [0, 0.1) is 0 Å². The Morgan fingerprint density at radius 1 is 0.848 bits per heavy atom. The van der Waals surface area contributed by atoms with E-state index in [2.05, 4.69) is 10.0 Å². The molecule has 0 aliphatic carbocycles. The molecule has 0 spiro atoms. The Hall–Kier alpha value is -4.12. The number of sulfonamides is 1. The summed E-state index contributed by atoms with van der Waals surface area (Å²) < 4.78 is 46.3. The van der Waals surface area contributed by atoms with E-state index in [0.717, 1.165) is 17.0 Å². The Balaban J connectivity index is 1.61. The number of amides is 1. The summed E-state index contributed by atoms with van der Waals surface area (Å²) in [5.41, 5.74) is 2.70. The number of nitrogens with zero attached hydrogens (tertiary/aromatic N) is 1. The molecular weight excluding hydrogens is 649 g/mol. The van der Waals surface area contributed by atoms with E-state index in [0.29, 0.717) is 46.5 Å². The summed E-state index contributed by atoms with van der Waals surface area (Å²) >= 11 is 12.4. The molecule has 0 aliphatic rings. The van der Waals surface area contributed by atoms with Gasteiger partial charge in [-0.3, -0.25) is 4.72 Å². The third-order valence-electron chi connectivity index (χ3n) is 6.69. The second-order valence-corrected chi connectivity index (χ2v) is 13.9. The highest BCUT2D eigenvalue weighted by Crippen LogP contribution is 2.34. The Labute approximate surface area is 280 Å². The van der Waals surface area contributed by atoms with Crippen LogP contribution in [-0.4, -0.2) is 47.4 Å². The van der Waals surface area contributed by atoms with Crippen LogP contribution in [-0.2, 0) is 21.3 Å². The van der Waals surface area contributed by atoms with Crippen molar-refractivity contribution in [2.24, 2.45) is 0 Å². The standard InChI is InChI=1S/C34H37Cl2N3O6S/c1-34(2,3)45-33(40)37-15-16-39(22-23-9-12-30(43-4)13-10-23)29-8-6-7-28(21-29)38-46(41,42)32-19-24(11-14-31(32)44-5)25-17-26(35)20-27(36)18-25/h6-14,17-21,38H,15-16,22H2,1-5H3,(H,37,40). The summed E-state index contributed by atoms with van der Waals surface area (Å²) in [5.74, 6) is 0.908. The van der Waals surface area contributed by atoms with Crippen LogP contribution in [0.5, 0.6) is 11.5 Å². The van der Waals surface area contributed by atoms with E-state index in [1.807, 2.05) is 35.2 Å². The van der Waals surface area contributed by atoms with Gasteiger partial charge in [-0.25, -0.2) is 13.2 Å². The maximum atomic E-state index is 13.8.